The third-order valence-electron chi connectivity index (χ3n) is 3.12. The first-order valence-electron chi connectivity index (χ1n) is 5.82. The molecule has 0 saturated heterocycles. The van der Waals surface area contributed by atoms with E-state index in [0.717, 1.165) is 42.4 Å². The summed E-state index contributed by atoms with van der Waals surface area (Å²) in [7, 11) is 0. The van der Waals surface area contributed by atoms with Gasteiger partial charge in [-0.05, 0) is 55.0 Å². The minimum absolute atomic E-state index is 0.198. The van der Waals surface area contributed by atoms with Crippen LogP contribution in [0.5, 0.6) is 0 Å². The van der Waals surface area contributed by atoms with Crippen LogP contribution >= 0.6 is 0 Å². The molecule has 2 rings (SSSR count). The number of hydrogen-bond acceptors (Lipinski definition) is 1. The lowest BCUT2D eigenvalue weighted by atomic mass is 9.97. The Labute approximate surface area is 95.6 Å². The van der Waals surface area contributed by atoms with Crippen molar-refractivity contribution >= 4 is 5.57 Å². The lowest BCUT2D eigenvalue weighted by Gasteiger charge is -2.10. The largest absolute Gasteiger partial charge is 0.389 e. The molecule has 0 amide bonds. The molecule has 2 heteroatoms. The molecule has 1 aromatic rings. The topological polar surface area (TPSA) is 20.2 Å². The number of aliphatic hydroxyl groups excluding tert-OH is 1. The summed E-state index contributed by atoms with van der Waals surface area (Å²) in [4.78, 5) is 0. The molecule has 0 radical (unpaired) electrons. The molecule has 0 bridgehead atoms. The molecule has 1 aliphatic rings. The number of hydrogen-bond donors (Lipinski definition) is 1. The molecule has 1 atom stereocenters. The molecule has 1 unspecified atom stereocenters. The SMILES string of the molecule is Cc1cc(F)ccc1C1=CC(O)CCCC1. The summed E-state index contributed by atoms with van der Waals surface area (Å²) in [6.07, 6.45) is 5.55. The van der Waals surface area contributed by atoms with Crippen LogP contribution in [0.2, 0.25) is 0 Å². The third kappa shape index (κ3) is 2.50. The summed E-state index contributed by atoms with van der Waals surface area (Å²) in [6, 6.07) is 4.85. The van der Waals surface area contributed by atoms with E-state index in [1.54, 1.807) is 6.07 Å². The average Bonchev–Trinajstić information content (AvgIpc) is 2.43. The zero-order chi connectivity index (χ0) is 11.5. The molecule has 0 spiro atoms. The van der Waals surface area contributed by atoms with Crippen molar-refractivity contribution in [2.45, 2.75) is 38.7 Å². The van der Waals surface area contributed by atoms with Gasteiger partial charge in [-0.1, -0.05) is 18.6 Å². The van der Waals surface area contributed by atoms with Gasteiger partial charge in [0.15, 0.2) is 0 Å². The maximum atomic E-state index is 13.0. The second-order valence-corrected chi connectivity index (χ2v) is 4.46. The van der Waals surface area contributed by atoms with Gasteiger partial charge in [-0.25, -0.2) is 4.39 Å². The van der Waals surface area contributed by atoms with Gasteiger partial charge in [0.2, 0.25) is 0 Å². The highest BCUT2D eigenvalue weighted by atomic mass is 19.1. The van der Waals surface area contributed by atoms with E-state index in [2.05, 4.69) is 0 Å². The van der Waals surface area contributed by atoms with E-state index in [4.69, 9.17) is 0 Å². The van der Waals surface area contributed by atoms with Crippen LogP contribution in [0.1, 0.15) is 36.8 Å². The third-order valence-corrected chi connectivity index (χ3v) is 3.12. The van der Waals surface area contributed by atoms with E-state index >= 15 is 0 Å². The van der Waals surface area contributed by atoms with Crippen LogP contribution in [0.15, 0.2) is 24.3 Å². The Morgan fingerprint density at radius 2 is 2.12 bits per heavy atom. The molecule has 0 aliphatic heterocycles. The number of aliphatic hydroxyl groups is 1. The van der Waals surface area contributed by atoms with Gasteiger partial charge in [-0.2, -0.15) is 0 Å². The molecule has 1 aliphatic carbocycles. The molecule has 0 fully saturated rings. The number of benzene rings is 1. The summed E-state index contributed by atoms with van der Waals surface area (Å²) in [5.41, 5.74) is 3.17. The first-order chi connectivity index (χ1) is 7.66. The minimum Gasteiger partial charge on any atom is -0.389 e. The van der Waals surface area contributed by atoms with Gasteiger partial charge >= 0.3 is 0 Å². The number of halogens is 1. The van der Waals surface area contributed by atoms with E-state index in [9.17, 15) is 9.50 Å². The molecular weight excluding hydrogens is 203 g/mol. The Balaban J connectivity index is 2.35. The minimum atomic E-state index is -0.345. The first-order valence-corrected chi connectivity index (χ1v) is 5.82. The monoisotopic (exact) mass is 220 g/mol. The van der Waals surface area contributed by atoms with Crippen molar-refractivity contribution in [3.05, 3.63) is 41.2 Å². The molecule has 1 N–H and O–H groups in total. The Hall–Kier alpha value is -1.15. The van der Waals surface area contributed by atoms with Crippen molar-refractivity contribution in [3.8, 4) is 0 Å². The van der Waals surface area contributed by atoms with Crippen LogP contribution in [-0.4, -0.2) is 11.2 Å². The van der Waals surface area contributed by atoms with Gasteiger partial charge in [-0.3, -0.25) is 0 Å². The van der Waals surface area contributed by atoms with Crippen molar-refractivity contribution in [2.24, 2.45) is 0 Å². The van der Waals surface area contributed by atoms with Gasteiger partial charge in [0.05, 0.1) is 6.10 Å². The van der Waals surface area contributed by atoms with Crippen LogP contribution in [0.4, 0.5) is 4.39 Å². The standard InChI is InChI=1S/C14H17FO/c1-10-8-12(15)6-7-14(10)11-4-2-3-5-13(16)9-11/h6-9,13,16H,2-5H2,1H3. The fourth-order valence-corrected chi connectivity index (χ4v) is 2.28. The van der Waals surface area contributed by atoms with Gasteiger partial charge in [0.1, 0.15) is 5.82 Å². The second-order valence-electron chi connectivity index (χ2n) is 4.46. The quantitative estimate of drug-likeness (QED) is 0.768. The van der Waals surface area contributed by atoms with Crippen molar-refractivity contribution < 1.29 is 9.50 Å². The smallest absolute Gasteiger partial charge is 0.123 e. The van der Waals surface area contributed by atoms with Crippen LogP contribution in [0.25, 0.3) is 5.57 Å². The van der Waals surface area contributed by atoms with Crippen molar-refractivity contribution in [2.75, 3.05) is 0 Å². The summed E-state index contributed by atoms with van der Waals surface area (Å²) in [6.45, 7) is 1.91. The highest BCUT2D eigenvalue weighted by molar-refractivity contribution is 5.68. The maximum Gasteiger partial charge on any atom is 0.123 e. The van der Waals surface area contributed by atoms with Crippen molar-refractivity contribution in [3.63, 3.8) is 0 Å². The summed E-state index contributed by atoms with van der Waals surface area (Å²) in [5.74, 6) is -0.198. The fraction of sp³-hybridized carbons (Fsp3) is 0.429. The van der Waals surface area contributed by atoms with E-state index in [1.807, 2.05) is 19.1 Å². The number of rotatable bonds is 1. The van der Waals surface area contributed by atoms with E-state index in [-0.39, 0.29) is 11.9 Å². The Kier molecular flexibility index (Phi) is 3.39. The first kappa shape index (κ1) is 11.3. The average molecular weight is 220 g/mol. The van der Waals surface area contributed by atoms with E-state index in [1.165, 1.54) is 6.07 Å². The Morgan fingerprint density at radius 1 is 1.31 bits per heavy atom. The molecule has 1 nitrogen and oxygen atoms in total. The molecule has 1 aromatic carbocycles. The van der Waals surface area contributed by atoms with Crippen LogP contribution < -0.4 is 0 Å². The van der Waals surface area contributed by atoms with Crippen molar-refractivity contribution in [1.82, 2.24) is 0 Å². The van der Waals surface area contributed by atoms with Gasteiger partial charge in [-0.15, -0.1) is 0 Å². The maximum absolute atomic E-state index is 13.0. The molecule has 0 saturated carbocycles. The molecule has 86 valence electrons. The predicted octanol–water partition coefficient (Wildman–Crippen LogP) is 3.45. The van der Waals surface area contributed by atoms with Gasteiger partial charge in [0, 0.05) is 0 Å². The molecule has 16 heavy (non-hydrogen) atoms. The van der Waals surface area contributed by atoms with Crippen LogP contribution in [0, 0.1) is 12.7 Å². The second kappa shape index (κ2) is 4.79. The Bertz CT molecular complexity index is 409. The lowest BCUT2D eigenvalue weighted by molar-refractivity contribution is 0.211. The molecule has 0 aromatic heterocycles. The summed E-state index contributed by atoms with van der Waals surface area (Å²) in [5, 5.41) is 9.72. The van der Waals surface area contributed by atoms with Crippen LogP contribution in [-0.2, 0) is 0 Å². The lowest BCUT2D eigenvalue weighted by Crippen LogP contribution is -2.00. The van der Waals surface area contributed by atoms with Crippen LogP contribution in [0.3, 0.4) is 0 Å². The summed E-state index contributed by atoms with van der Waals surface area (Å²) >= 11 is 0. The zero-order valence-electron chi connectivity index (χ0n) is 9.54. The zero-order valence-corrected chi connectivity index (χ0v) is 9.54. The molecular formula is C14H17FO. The normalized spacial score (nSPS) is 21.4. The summed E-state index contributed by atoms with van der Waals surface area (Å²) < 4.78 is 13.0. The van der Waals surface area contributed by atoms with Gasteiger partial charge in [0.25, 0.3) is 0 Å². The predicted molar refractivity (Wildman–Crippen MR) is 63.6 cm³/mol. The van der Waals surface area contributed by atoms with Crippen molar-refractivity contribution in [1.29, 1.82) is 0 Å². The number of aryl methyl sites for hydroxylation is 1. The van der Waals surface area contributed by atoms with E-state index in [0.29, 0.717) is 0 Å². The highest BCUT2D eigenvalue weighted by Crippen LogP contribution is 2.28. The highest BCUT2D eigenvalue weighted by Gasteiger charge is 2.12. The Morgan fingerprint density at radius 3 is 2.88 bits per heavy atom. The number of allylic oxidation sites excluding steroid dienone is 1. The molecule has 0 heterocycles. The van der Waals surface area contributed by atoms with Gasteiger partial charge < -0.3 is 5.11 Å². The van der Waals surface area contributed by atoms with E-state index < -0.39 is 0 Å². The fourth-order valence-electron chi connectivity index (χ4n) is 2.28.